The zero-order chi connectivity index (χ0) is 24.0. The number of ether oxygens (including phenoxy) is 2. The van der Waals surface area contributed by atoms with Crippen LogP contribution in [0.1, 0.15) is 42.7 Å². The Bertz CT molecular complexity index is 1270. The summed E-state index contributed by atoms with van der Waals surface area (Å²) < 4.78 is 41.7. The highest BCUT2D eigenvalue weighted by Crippen LogP contribution is 2.31. The Morgan fingerprint density at radius 2 is 1.97 bits per heavy atom. The minimum Gasteiger partial charge on any atom is -0.489 e. The van der Waals surface area contributed by atoms with Crippen molar-refractivity contribution in [3.05, 3.63) is 64.2 Å². The van der Waals surface area contributed by atoms with Gasteiger partial charge in [-0.1, -0.05) is 37.6 Å². The average Bonchev–Trinajstić information content (AvgIpc) is 3.21. The second-order valence-corrected chi connectivity index (χ2v) is 9.53. The number of carbonyl (C=O) groups excluding carboxylic acids is 1. The Morgan fingerprint density at radius 1 is 1.18 bits per heavy atom. The molecule has 33 heavy (non-hydrogen) atoms. The molecule has 1 heterocycles. The molecule has 0 aliphatic rings. The summed E-state index contributed by atoms with van der Waals surface area (Å²) in [6.45, 7) is 5.90. The van der Waals surface area contributed by atoms with E-state index in [0.717, 1.165) is 46.9 Å². The fourth-order valence-corrected chi connectivity index (χ4v) is 4.97. The molecule has 176 valence electrons. The number of aryl methyl sites for hydroxylation is 3. The van der Waals surface area contributed by atoms with Gasteiger partial charge in [-0.3, -0.25) is 4.79 Å². The number of benzene rings is 2. The molecule has 0 fully saturated rings. The maximum absolute atomic E-state index is 12.8. The monoisotopic (exact) mass is 471 g/mol. The smallest absolute Gasteiger partial charge is 0.309 e. The Balaban J connectivity index is 1.74. The van der Waals surface area contributed by atoms with Crippen molar-refractivity contribution in [1.29, 1.82) is 0 Å². The lowest BCUT2D eigenvalue weighted by Gasteiger charge is -2.10. The molecule has 0 amide bonds. The maximum atomic E-state index is 12.8. The van der Waals surface area contributed by atoms with Crippen molar-refractivity contribution in [2.75, 3.05) is 13.7 Å². The summed E-state index contributed by atoms with van der Waals surface area (Å²) in [6.07, 6.45) is 4.03. The summed E-state index contributed by atoms with van der Waals surface area (Å²) in [7, 11) is -2.34. The van der Waals surface area contributed by atoms with Crippen LogP contribution in [0.2, 0.25) is 0 Å². The standard InChI is InChI=1S/C25H29NO6S/c1-5-8-20-22(11-10-19-21(6-2)26-32-25(19)20)31-13-7-14-33(28,29)23-12-9-18(15-17(23)3)16-24(27)30-4/h7,9-12,14-15H,5-6,8,13,16H2,1-4H3/b14-7+. The van der Waals surface area contributed by atoms with E-state index in [0.29, 0.717) is 16.9 Å². The van der Waals surface area contributed by atoms with Crippen LogP contribution in [-0.2, 0) is 38.6 Å². The Kier molecular flexibility index (Phi) is 7.92. The number of methoxy groups -OCH3 is 1. The van der Waals surface area contributed by atoms with Gasteiger partial charge >= 0.3 is 5.97 Å². The van der Waals surface area contributed by atoms with Gasteiger partial charge in [0.05, 0.1) is 24.1 Å². The molecule has 3 rings (SSSR count). The average molecular weight is 472 g/mol. The highest BCUT2D eigenvalue weighted by molar-refractivity contribution is 7.94. The minimum atomic E-state index is -3.66. The number of rotatable bonds is 10. The molecule has 0 N–H and O–H groups in total. The highest BCUT2D eigenvalue weighted by atomic mass is 32.2. The normalized spacial score (nSPS) is 11.9. The van der Waals surface area contributed by atoms with Gasteiger partial charge in [0.25, 0.3) is 0 Å². The maximum Gasteiger partial charge on any atom is 0.309 e. The lowest BCUT2D eigenvalue weighted by Crippen LogP contribution is -2.06. The molecule has 0 atom stereocenters. The molecule has 1 aromatic heterocycles. The number of nitrogens with zero attached hydrogens (tertiary/aromatic N) is 1. The van der Waals surface area contributed by atoms with E-state index in [1.54, 1.807) is 19.1 Å². The molecular formula is C25H29NO6S. The van der Waals surface area contributed by atoms with Crippen LogP contribution in [0.25, 0.3) is 11.0 Å². The van der Waals surface area contributed by atoms with Gasteiger partial charge in [-0.05, 0) is 55.2 Å². The van der Waals surface area contributed by atoms with Crippen molar-refractivity contribution in [2.24, 2.45) is 0 Å². The van der Waals surface area contributed by atoms with Gasteiger partial charge in [0.15, 0.2) is 15.4 Å². The van der Waals surface area contributed by atoms with Crippen molar-refractivity contribution in [3.63, 3.8) is 0 Å². The summed E-state index contributed by atoms with van der Waals surface area (Å²) in [6, 6.07) is 8.63. The first-order valence-corrected chi connectivity index (χ1v) is 12.5. The van der Waals surface area contributed by atoms with Crippen molar-refractivity contribution < 1.29 is 27.2 Å². The van der Waals surface area contributed by atoms with E-state index >= 15 is 0 Å². The fraction of sp³-hybridized carbons (Fsp3) is 0.360. The molecule has 2 aromatic carbocycles. The molecular weight excluding hydrogens is 442 g/mol. The molecule has 0 saturated carbocycles. The number of carbonyl (C=O) groups is 1. The van der Waals surface area contributed by atoms with E-state index in [-0.39, 0.29) is 23.9 Å². The summed E-state index contributed by atoms with van der Waals surface area (Å²) >= 11 is 0. The number of hydrogen-bond acceptors (Lipinski definition) is 7. The molecule has 0 spiro atoms. The Morgan fingerprint density at radius 3 is 2.64 bits per heavy atom. The van der Waals surface area contributed by atoms with Crippen LogP contribution >= 0.6 is 0 Å². The second-order valence-electron chi connectivity index (χ2n) is 7.73. The van der Waals surface area contributed by atoms with E-state index in [4.69, 9.17) is 9.26 Å². The lowest BCUT2D eigenvalue weighted by molar-refractivity contribution is -0.139. The SMILES string of the molecule is CCCc1c(OC/C=C/S(=O)(=O)c2ccc(CC(=O)OC)cc2C)ccc2c(CC)noc12. The van der Waals surface area contributed by atoms with E-state index in [9.17, 15) is 13.2 Å². The number of aromatic nitrogens is 1. The van der Waals surface area contributed by atoms with Crippen LogP contribution < -0.4 is 4.74 Å². The molecule has 0 saturated heterocycles. The van der Waals surface area contributed by atoms with Crippen molar-refractivity contribution in [2.45, 2.75) is 51.3 Å². The van der Waals surface area contributed by atoms with E-state index in [1.807, 2.05) is 19.1 Å². The number of sulfone groups is 1. The van der Waals surface area contributed by atoms with Gasteiger partial charge in [-0.25, -0.2) is 8.42 Å². The fourth-order valence-electron chi connectivity index (χ4n) is 3.72. The molecule has 3 aromatic rings. The third kappa shape index (κ3) is 5.63. The molecule has 0 unspecified atom stereocenters. The highest BCUT2D eigenvalue weighted by Gasteiger charge is 2.17. The minimum absolute atomic E-state index is 0.0930. The predicted octanol–water partition coefficient (Wildman–Crippen LogP) is 4.73. The molecule has 0 bridgehead atoms. The van der Waals surface area contributed by atoms with Gasteiger partial charge in [0.2, 0.25) is 0 Å². The summed E-state index contributed by atoms with van der Waals surface area (Å²) in [5, 5.41) is 6.28. The van der Waals surface area contributed by atoms with Crippen molar-refractivity contribution in [3.8, 4) is 5.75 Å². The summed E-state index contributed by atoms with van der Waals surface area (Å²) in [5.74, 6) is 0.285. The van der Waals surface area contributed by atoms with Gasteiger partial charge in [-0.15, -0.1) is 0 Å². The molecule has 0 aliphatic carbocycles. The van der Waals surface area contributed by atoms with Crippen LogP contribution in [0.15, 0.2) is 51.2 Å². The molecule has 0 radical (unpaired) electrons. The molecule has 8 heteroatoms. The third-order valence-corrected chi connectivity index (χ3v) is 6.96. The van der Waals surface area contributed by atoms with E-state index in [1.165, 1.54) is 19.3 Å². The molecule has 0 aliphatic heterocycles. The summed E-state index contributed by atoms with van der Waals surface area (Å²) in [5.41, 5.74) is 3.84. The van der Waals surface area contributed by atoms with E-state index in [2.05, 4.69) is 16.8 Å². The van der Waals surface area contributed by atoms with Gasteiger partial charge in [-0.2, -0.15) is 0 Å². The first kappa shape index (κ1) is 24.5. The van der Waals surface area contributed by atoms with Gasteiger partial charge in [0, 0.05) is 16.4 Å². The Labute approximate surface area is 194 Å². The first-order chi connectivity index (χ1) is 15.8. The van der Waals surface area contributed by atoms with Crippen LogP contribution in [0.5, 0.6) is 5.75 Å². The number of fused-ring (bicyclic) bond motifs is 1. The zero-order valence-electron chi connectivity index (χ0n) is 19.4. The van der Waals surface area contributed by atoms with E-state index < -0.39 is 9.84 Å². The van der Waals surface area contributed by atoms with Gasteiger partial charge < -0.3 is 14.0 Å². The predicted molar refractivity (Wildman–Crippen MR) is 126 cm³/mol. The number of esters is 1. The molecule has 7 nitrogen and oxygen atoms in total. The van der Waals surface area contributed by atoms with Crippen LogP contribution in [0.3, 0.4) is 0 Å². The lowest BCUT2D eigenvalue weighted by atomic mass is 10.0. The largest absolute Gasteiger partial charge is 0.489 e. The third-order valence-electron chi connectivity index (χ3n) is 5.34. The summed E-state index contributed by atoms with van der Waals surface area (Å²) in [4.78, 5) is 11.6. The Hall–Kier alpha value is -3.13. The zero-order valence-corrected chi connectivity index (χ0v) is 20.2. The van der Waals surface area contributed by atoms with Crippen LogP contribution in [0, 0.1) is 6.92 Å². The topological polar surface area (TPSA) is 95.7 Å². The first-order valence-electron chi connectivity index (χ1n) is 10.9. The second kappa shape index (κ2) is 10.7. The van der Waals surface area contributed by atoms with Crippen LogP contribution in [-0.4, -0.2) is 33.3 Å². The van der Waals surface area contributed by atoms with Crippen molar-refractivity contribution in [1.82, 2.24) is 5.16 Å². The van der Waals surface area contributed by atoms with Gasteiger partial charge in [0.1, 0.15) is 12.4 Å². The number of hydrogen-bond donors (Lipinski definition) is 0. The van der Waals surface area contributed by atoms with Crippen LogP contribution in [0.4, 0.5) is 0 Å². The quantitative estimate of drug-likeness (QED) is 0.394. The van der Waals surface area contributed by atoms with Crippen molar-refractivity contribution >= 4 is 26.8 Å².